The van der Waals surface area contributed by atoms with Crippen LogP contribution in [0.15, 0.2) is 54.6 Å². The number of hydrogen-bond acceptors (Lipinski definition) is 2. The van der Waals surface area contributed by atoms with Crippen molar-refractivity contribution >= 4 is 0 Å². The zero-order valence-corrected chi connectivity index (χ0v) is 12.5. The number of ether oxygens (including phenoxy) is 1. The van der Waals surface area contributed by atoms with Gasteiger partial charge in [-0.05, 0) is 48.1 Å². The van der Waals surface area contributed by atoms with Gasteiger partial charge < -0.3 is 10.5 Å². The van der Waals surface area contributed by atoms with Crippen LogP contribution in [0.2, 0.25) is 0 Å². The summed E-state index contributed by atoms with van der Waals surface area (Å²) in [6, 6.07) is 18.2. The minimum atomic E-state index is 0.147. The average Bonchev–Trinajstić information content (AvgIpc) is 2.94. The molecule has 0 heterocycles. The molecular weight excluding hydrogens is 258 g/mol. The number of hydrogen-bond donors (Lipinski definition) is 1. The van der Waals surface area contributed by atoms with Gasteiger partial charge in [-0.25, -0.2) is 0 Å². The molecule has 1 aliphatic carbocycles. The Morgan fingerprint density at radius 1 is 0.952 bits per heavy atom. The van der Waals surface area contributed by atoms with Gasteiger partial charge in [0.05, 0.1) is 0 Å². The van der Waals surface area contributed by atoms with Crippen molar-refractivity contribution in [3.05, 3.63) is 60.2 Å². The lowest BCUT2D eigenvalue weighted by Gasteiger charge is -2.23. The summed E-state index contributed by atoms with van der Waals surface area (Å²) < 4.78 is 5.82. The van der Waals surface area contributed by atoms with Gasteiger partial charge in [-0.2, -0.15) is 0 Å². The van der Waals surface area contributed by atoms with Crippen molar-refractivity contribution in [2.24, 2.45) is 17.6 Å². The van der Waals surface area contributed by atoms with Crippen molar-refractivity contribution in [1.82, 2.24) is 0 Å². The Kier molecular flexibility index (Phi) is 4.26. The summed E-state index contributed by atoms with van der Waals surface area (Å²) in [6.07, 6.45) is 3.88. The van der Waals surface area contributed by atoms with Crippen LogP contribution in [0.3, 0.4) is 0 Å². The van der Waals surface area contributed by atoms with E-state index in [2.05, 4.69) is 19.1 Å². The molecule has 0 bridgehead atoms. The zero-order chi connectivity index (χ0) is 14.7. The molecule has 0 saturated heterocycles. The maximum Gasteiger partial charge on any atom is 0.127 e. The molecule has 2 aromatic rings. The standard InChI is InChI=1S/C19H23NO/c1-14-6-5-9-18(14)19(20)15-10-12-17(13-11-15)21-16-7-3-2-4-8-16/h2-4,7-8,10-14,18-19H,5-6,9,20H2,1H3. The highest BCUT2D eigenvalue weighted by atomic mass is 16.5. The van der Waals surface area contributed by atoms with Crippen molar-refractivity contribution < 1.29 is 4.74 Å². The molecule has 0 radical (unpaired) electrons. The fraction of sp³-hybridized carbons (Fsp3) is 0.368. The third-order valence-corrected chi connectivity index (χ3v) is 4.63. The Bertz CT molecular complexity index is 564. The third kappa shape index (κ3) is 3.27. The Balaban J connectivity index is 1.69. The van der Waals surface area contributed by atoms with E-state index in [0.717, 1.165) is 17.4 Å². The topological polar surface area (TPSA) is 35.2 Å². The first-order chi connectivity index (χ1) is 10.2. The zero-order valence-electron chi connectivity index (χ0n) is 12.5. The van der Waals surface area contributed by atoms with E-state index in [1.807, 2.05) is 42.5 Å². The van der Waals surface area contributed by atoms with E-state index in [9.17, 15) is 0 Å². The molecule has 0 aromatic heterocycles. The molecule has 1 fully saturated rings. The number of rotatable bonds is 4. The van der Waals surface area contributed by atoms with Crippen molar-refractivity contribution in [3.63, 3.8) is 0 Å². The first-order valence-corrected chi connectivity index (χ1v) is 7.82. The molecule has 3 rings (SSSR count). The molecule has 2 aromatic carbocycles. The quantitative estimate of drug-likeness (QED) is 0.863. The minimum absolute atomic E-state index is 0.147. The molecule has 0 aliphatic heterocycles. The lowest BCUT2D eigenvalue weighted by molar-refractivity contribution is 0.351. The molecule has 0 spiro atoms. The molecule has 1 aliphatic rings. The molecule has 0 amide bonds. The van der Waals surface area contributed by atoms with E-state index in [4.69, 9.17) is 10.5 Å². The second kappa shape index (κ2) is 6.31. The largest absolute Gasteiger partial charge is 0.457 e. The number of benzene rings is 2. The summed E-state index contributed by atoms with van der Waals surface area (Å²) in [6.45, 7) is 2.32. The monoisotopic (exact) mass is 281 g/mol. The molecule has 3 atom stereocenters. The molecular formula is C19H23NO. The van der Waals surface area contributed by atoms with E-state index < -0.39 is 0 Å². The summed E-state index contributed by atoms with van der Waals surface area (Å²) in [5, 5.41) is 0. The van der Waals surface area contributed by atoms with Gasteiger partial charge in [0.15, 0.2) is 0 Å². The fourth-order valence-corrected chi connectivity index (χ4v) is 3.34. The molecule has 2 nitrogen and oxygen atoms in total. The lowest BCUT2D eigenvalue weighted by atomic mass is 9.86. The summed E-state index contributed by atoms with van der Waals surface area (Å²) in [4.78, 5) is 0. The Hall–Kier alpha value is -1.80. The van der Waals surface area contributed by atoms with Gasteiger partial charge in [-0.15, -0.1) is 0 Å². The molecule has 2 N–H and O–H groups in total. The van der Waals surface area contributed by atoms with Gasteiger partial charge >= 0.3 is 0 Å². The fourth-order valence-electron chi connectivity index (χ4n) is 3.34. The molecule has 2 heteroatoms. The van der Waals surface area contributed by atoms with Crippen LogP contribution in [0.25, 0.3) is 0 Å². The van der Waals surface area contributed by atoms with Crippen LogP contribution in [0.5, 0.6) is 11.5 Å². The maximum absolute atomic E-state index is 6.45. The van der Waals surface area contributed by atoms with Gasteiger partial charge in [-0.1, -0.05) is 50.1 Å². The van der Waals surface area contributed by atoms with Crippen LogP contribution >= 0.6 is 0 Å². The van der Waals surface area contributed by atoms with Crippen LogP contribution in [0.4, 0.5) is 0 Å². The lowest BCUT2D eigenvalue weighted by Crippen LogP contribution is -2.23. The normalized spacial score (nSPS) is 23.0. The predicted molar refractivity (Wildman–Crippen MR) is 86.4 cm³/mol. The van der Waals surface area contributed by atoms with Crippen LogP contribution in [0, 0.1) is 11.8 Å². The van der Waals surface area contributed by atoms with Gasteiger partial charge in [-0.3, -0.25) is 0 Å². The van der Waals surface area contributed by atoms with Crippen LogP contribution in [-0.4, -0.2) is 0 Å². The van der Waals surface area contributed by atoms with Gasteiger partial charge in [0.1, 0.15) is 11.5 Å². The highest BCUT2D eigenvalue weighted by Gasteiger charge is 2.29. The van der Waals surface area contributed by atoms with Crippen molar-refractivity contribution in [1.29, 1.82) is 0 Å². The Morgan fingerprint density at radius 3 is 2.24 bits per heavy atom. The maximum atomic E-state index is 6.45. The molecule has 110 valence electrons. The van der Waals surface area contributed by atoms with Crippen molar-refractivity contribution in [2.75, 3.05) is 0 Å². The number of nitrogens with two attached hydrogens (primary N) is 1. The van der Waals surface area contributed by atoms with E-state index in [1.54, 1.807) is 0 Å². The molecule has 3 unspecified atom stereocenters. The first-order valence-electron chi connectivity index (χ1n) is 7.82. The van der Waals surface area contributed by atoms with Crippen LogP contribution in [-0.2, 0) is 0 Å². The van der Waals surface area contributed by atoms with E-state index in [1.165, 1.54) is 24.8 Å². The minimum Gasteiger partial charge on any atom is -0.457 e. The second-order valence-electron chi connectivity index (χ2n) is 6.08. The van der Waals surface area contributed by atoms with Gasteiger partial charge in [0.2, 0.25) is 0 Å². The average molecular weight is 281 g/mol. The highest BCUT2D eigenvalue weighted by molar-refractivity contribution is 5.34. The summed E-state index contributed by atoms with van der Waals surface area (Å²) >= 11 is 0. The SMILES string of the molecule is CC1CCCC1C(N)c1ccc(Oc2ccccc2)cc1. The summed E-state index contributed by atoms with van der Waals surface area (Å²) in [7, 11) is 0. The Morgan fingerprint density at radius 2 is 1.62 bits per heavy atom. The van der Waals surface area contributed by atoms with Gasteiger partial charge in [0.25, 0.3) is 0 Å². The first kappa shape index (κ1) is 14.2. The van der Waals surface area contributed by atoms with Crippen molar-refractivity contribution in [2.45, 2.75) is 32.2 Å². The van der Waals surface area contributed by atoms with Crippen LogP contribution in [0.1, 0.15) is 37.8 Å². The molecule has 1 saturated carbocycles. The number of para-hydroxylation sites is 1. The van der Waals surface area contributed by atoms with E-state index in [-0.39, 0.29) is 6.04 Å². The van der Waals surface area contributed by atoms with E-state index in [0.29, 0.717) is 5.92 Å². The Labute approximate surface area is 126 Å². The highest BCUT2D eigenvalue weighted by Crippen LogP contribution is 2.39. The van der Waals surface area contributed by atoms with Crippen LogP contribution < -0.4 is 10.5 Å². The van der Waals surface area contributed by atoms with E-state index >= 15 is 0 Å². The summed E-state index contributed by atoms with van der Waals surface area (Å²) in [5.41, 5.74) is 7.67. The summed E-state index contributed by atoms with van der Waals surface area (Å²) in [5.74, 6) is 3.07. The van der Waals surface area contributed by atoms with Gasteiger partial charge in [0, 0.05) is 6.04 Å². The molecule has 21 heavy (non-hydrogen) atoms. The third-order valence-electron chi connectivity index (χ3n) is 4.63. The predicted octanol–water partition coefficient (Wildman–Crippen LogP) is 4.91. The van der Waals surface area contributed by atoms with Crippen molar-refractivity contribution in [3.8, 4) is 11.5 Å². The second-order valence-corrected chi connectivity index (χ2v) is 6.08. The smallest absolute Gasteiger partial charge is 0.127 e.